The molecule has 1 aromatic rings. The van der Waals surface area contributed by atoms with Gasteiger partial charge in [0, 0.05) is 18.2 Å². The fraction of sp³-hybridized carbons (Fsp3) is 0.308. The Balaban J connectivity index is 2.93. The van der Waals surface area contributed by atoms with Gasteiger partial charge in [0.15, 0.2) is 0 Å². The maximum Gasteiger partial charge on any atom is 0.143 e. The lowest BCUT2D eigenvalue weighted by Gasteiger charge is -2.06. The Morgan fingerprint density at radius 1 is 1.35 bits per heavy atom. The molecule has 4 nitrogen and oxygen atoms in total. The fourth-order valence-electron chi connectivity index (χ4n) is 1.34. The summed E-state index contributed by atoms with van der Waals surface area (Å²) in [7, 11) is 1.60. The molecule has 0 atom stereocenters. The van der Waals surface area contributed by atoms with Gasteiger partial charge >= 0.3 is 0 Å². The number of oxime groups is 1. The number of nitrogens with zero attached hydrogens (tertiary/aromatic N) is 3. The molecular formula is C13H15N3O. The van der Waals surface area contributed by atoms with Gasteiger partial charge in [-0.15, -0.1) is 0 Å². The summed E-state index contributed by atoms with van der Waals surface area (Å²) in [6.45, 7) is 4.06. The summed E-state index contributed by atoms with van der Waals surface area (Å²) < 4.78 is 0. The maximum atomic E-state index is 8.97. The Kier molecular flexibility index (Phi) is 4.89. The first-order chi connectivity index (χ1) is 8.19. The minimum absolute atomic E-state index is 0.335. The quantitative estimate of drug-likeness (QED) is 0.588. The Morgan fingerprint density at radius 3 is 2.65 bits per heavy atom. The van der Waals surface area contributed by atoms with E-state index in [0.29, 0.717) is 12.3 Å². The van der Waals surface area contributed by atoms with E-state index in [0.717, 1.165) is 16.8 Å². The molecule has 0 bridgehead atoms. The van der Waals surface area contributed by atoms with Crippen molar-refractivity contribution in [1.29, 1.82) is 5.26 Å². The van der Waals surface area contributed by atoms with Crippen LogP contribution in [0.4, 0.5) is 0 Å². The summed E-state index contributed by atoms with van der Waals surface area (Å²) in [6.07, 6.45) is 0. The number of hydrogen-bond donors (Lipinski definition) is 0. The van der Waals surface area contributed by atoms with E-state index < -0.39 is 0 Å². The van der Waals surface area contributed by atoms with Crippen LogP contribution < -0.4 is 0 Å². The molecule has 0 heterocycles. The van der Waals surface area contributed by atoms with Crippen molar-refractivity contribution < 1.29 is 4.84 Å². The molecule has 0 N–H and O–H groups in total. The summed E-state index contributed by atoms with van der Waals surface area (Å²) in [6, 6.07) is 9.59. The fourth-order valence-corrected chi connectivity index (χ4v) is 1.34. The van der Waals surface area contributed by atoms with Crippen LogP contribution in [0.2, 0.25) is 0 Å². The SMILES string of the molecule is CN=C(C#N)c1ccccc1CON=C(C)C. The lowest BCUT2D eigenvalue weighted by molar-refractivity contribution is 0.130. The van der Waals surface area contributed by atoms with Crippen LogP contribution in [0.3, 0.4) is 0 Å². The van der Waals surface area contributed by atoms with E-state index in [4.69, 9.17) is 10.1 Å². The third-order valence-electron chi connectivity index (χ3n) is 2.07. The Bertz CT molecular complexity index is 480. The zero-order chi connectivity index (χ0) is 12.7. The number of aliphatic imine (C=N–C) groups is 1. The van der Waals surface area contributed by atoms with E-state index in [-0.39, 0.29) is 0 Å². The van der Waals surface area contributed by atoms with Crippen molar-refractivity contribution in [3.05, 3.63) is 35.4 Å². The number of benzene rings is 1. The van der Waals surface area contributed by atoms with Crippen molar-refractivity contribution in [3.8, 4) is 6.07 Å². The van der Waals surface area contributed by atoms with Crippen molar-refractivity contribution in [3.63, 3.8) is 0 Å². The Labute approximate surface area is 101 Å². The molecule has 1 rings (SSSR count). The first-order valence-corrected chi connectivity index (χ1v) is 5.27. The lowest BCUT2D eigenvalue weighted by Crippen LogP contribution is -2.03. The summed E-state index contributed by atoms with van der Waals surface area (Å²) in [4.78, 5) is 9.13. The van der Waals surface area contributed by atoms with Crippen LogP contribution >= 0.6 is 0 Å². The van der Waals surface area contributed by atoms with Crippen LogP contribution in [-0.2, 0) is 11.4 Å². The molecule has 0 saturated heterocycles. The van der Waals surface area contributed by atoms with E-state index in [1.54, 1.807) is 7.05 Å². The first-order valence-electron chi connectivity index (χ1n) is 5.27. The molecule has 0 amide bonds. The number of hydrogen-bond acceptors (Lipinski definition) is 4. The summed E-state index contributed by atoms with van der Waals surface area (Å²) in [5.41, 5.74) is 2.95. The van der Waals surface area contributed by atoms with Gasteiger partial charge in [0.2, 0.25) is 0 Å². The average Bonchev–Trinajstić information content (AvgIpc) is 2.32. The van der Waals surface area contributed by atoms with Crippen LogP contribution in [-0.4, -0.2) is 18.5 Å². The molecule has 0 aliphatic heterocycles. The Morgan fingerprint density at radius 2 is 2.06 bits per heavy atom. The molecule has 0 saturated carbocycles. The van der Waals surface area contributed by atoms with Crippen LogP contribution in [0.15, 0.2) is 34.4 Å². The van der Waals surface area contributed by atoms with Crippen molar-refractivity contribution in [2.45, 2.75) is 20.5 Å². The van der Waals surface area contributed by atoms with Gasteiger partial charge in [-0.25, -0.2) is 0 Å². The molecule has 17 heavy (non-hydrogen) atoms. The molecule has 0 spiro atoms. The average molecular weight is 229 g/mol. The van der Waals surface area contributed by atoms with Gasteiger partial charge in [0.25, 0.3) is 0 Å². The minimum Gasteiger partial charge on any atom is -0.391 e. The highest BCUT2D eigenvalue weighted by molar-refractivity contribution is 6.12. The monoisotopic (exact) mass is 229 g/mol. The van der Waals surface area contributed by atoms with Crippen molar-refractivity contribution >= 4 is 11.4 Å². The zero-order valence-electron chi connectivity index (χ0n) is 10.3. The van der Waals surface area contributed by atoms with Gasteiger partial charge in [-0.2, -0.15) is 5.26 Å². The van der Waals surface area contributed by atoms with E-state index >= 15 is 0 Å². The molecule has 0 aliphatic rings. The van der Waals surface area contributed by atoms with Gasteiger partial charge < -0.3 is 4.84 Å². The molecule has 0 unspecified atom stereocenters. The molecule has 0 aromatic heterocycles. The normalized spacial score (nSPS) is 10.6. The van der Waals surface area contributed by atoms with Gasteiger partial charge in [-0.05, 0) is 13.8 Å². The maximum absolute atomic E-state index is 8.97. The van der Waals surface area contributed by atoms with Gasteiger partial charge in [0.05, 0.1) is 5.71 Å². The molecule has 0 fully saturated rings. The van der Waals surface area contributed by atoms with Crippen LogP contribution in [0, 0.1) is 11.3 Å². The van der Waals surface area contributed by atoms with Gasteiger partial charge in [0.1, 0.15) is 18.4 Å². The van der Waals surface area contributed by atoms with E-state index in [9.17, 15) is 0 Å². The van der Waals surface area contributed by atoms with Gasteiger partial charge in [-0.3, -0.25) is 4.99 Å². The first kappa shape index (κ1) is 12.9. The second kappa shape index (κ2) is 6.44. The topological polar surface area (TPSA) is 57.7 Å². The van der Waals surface area contributed by atoms with Crippen LogP contribution in [0.25, 0.3) is 0 Å². The predicted octanol–water partition coefficient (Wildman–Crippen LogP) is 2.54. The second-order valence-corrected chi connectivity index (χ2v) is 3.65. The summed E-state index contributed by atoms with van der Waals surface area (Å²) >= 11 is 0. The molecule has 4 heteroatoms. The van der Waals surface area contributed by atoms with Crippen molar-refractivity contribution in [2.75, 3.05) is 7.05 Å². The second-order valence-electron chi connectivity index (χ2n) is 3.65. The van der Waals surface area contributed by atoms with Crippen LogP contribution in [0.1, 0.15) is 25.0 Å². The standard InChI is InChI=1S/C13H15N3O/c1-10(2)16-17-9-11-6-4-5-7-12(11)13(8-14)15-3/h4-7H,9H2,1-3H3. The largest absolute Gasteiger partial charge is 0.391 e. The smallest absolute Gasteiger partial charge is 0.143 e. The molecular weight excluding hydrogens is 214 g/mol. The Hall–Kier alpha value is -2.15. The predicted molar refractivity (Wildman–Crippen MR) is 68.1 cm³/mol. The van der Waals surface area contributed by atoms with E-state index in [1.165, 1.54) is 0 Å². The van der Waals surface area contributed by atoms with E-state index in [2.05, 4.69) is 16.2 Å². The molecule has 1 aromatic carbocycles. The van der Waals surface area contributed by atoms with Crippen LogP contribution in [0.5, 0.6) is 0 Å². The van der Waals surface area contributed by atoms with E-state index in [1.807, 2.05) is 38.1 Å². The number of rotatable bonds is 4. The lowest BCUT2D eigenvalue weighted by atomic mass is 10.0. The van der Waals surface area contributed by atoms with Crippen molar-refractivity contribution in [2.24, 2.45) is 10.1 Å². The number of nitriles is 1. The third-order valence-corrected chi connectivity index (χ3v) is 2.07. The third kappa shape index (κ3) is 3.72. The van der Waals surface area contributed by atoms with Crippen molar-refractivity contribution in [1.82, 2.24) is 0 Å². The molecule has 0 aliphatic carbocycles. The molecule has 88 valence electrons. The summed E-state index contributed by atoms with van der Waals surface area (Å²) in [5, 5.41) is 12.8. The highest BCUT2D eigenvalue weighted by atomic mass is 16.6. The molecule has 0 radical (unpaired) electrons. The zero-order valence-corrected chi connectivity index (χ0v) is 10.3. The minimum atomic E-state index is 0.335. The highest BCUT2D eigenvalue weighted by Crippen LogP contribution is 2.11. The van der Waals surface area contributed by atoms with Gasteiger partial charge in [-0.1, -0.05) is 29.4 Å². The summed E-state index contributed by atoms with van der Waals surface area (Å²) in [5.74, 6) is 0. The highest BCUT2D eigenvalue weighted by Gasteiger charge is 2.07.